The van der Waals surface area contributed by atoms with Crippen molar-refractivity contribution in [2.75, 3.05) is 13.1 Å². The number of nitrogens with one attached hydrogen (secondary N) is 1. The van der Waals surface area contributed by atoms with Crippen molar-refractivity contribution in [3.8, 4) is 0 Å². The Hall–Kier alpha value is -0.660. The molecular formula is C12H24N2O4S. The number of nitrogens with zero attached hydrogens (tertiary/aromatic N) is 1. The zero-order chi connectivity index (χ0) is 14.6. The lowest BCUT2D eigenvalue weighted by Crippen LogP contribution is -2.52. The van der Waals surface area contributed by atoms with Crippen LogP contribution in [0.5, 0.6) is 0 Å². The Bertz CT molecular complexity index is 400. The molecule has 0 aromatic heterocycles. The minimum atomic E-state index is -3.71. The van der Waals surface area contributed by atoms with Gasteiger partial charge < -0.3 is 5.11 Å². The topological polar surface area (TPSA) is 86.7 Å². The molecule has 1 aliphatic rings. The average molecular weight is 292 g/mol. The normalized spacial score (nSPS) is 27.1. The first-order valence-corrected chi connectivity index (χ1v) is 8.20. The molecule has 1 fully saturated rings. The molecule has 0 radical (unpaired) electrons. The quantitative estimate of drug-likeness (QED) is 0.766. The van der Waals surface area contributed by atoms with E-state index < -0.39 is 22.2 Å². The number of aliphatic carboxylic acids is 1. The second kappa shape index (κ2) is 6.67. The van der Waals surface area contributed by atoms with Crippen LogP contribution in [0.4, 0.5) is 0 Å². The van der Waals surface area contributed by atoms with Gasteiger partial charge in [0, 0.05) is 13.1 Å². The molecule has 1 rings (SSSR count). The van der Waals surface area contributed by atoms with Crippen LogP contribution >= 0.6 is 0 Å². The standard InChI is InChI=1S/C12H24N2O4S/c1-4-5-11(12(15)16)13-19(17,18)14-7-9(2)6-10(3)8-14/h9-11,13H,4-8H2,1-3H3,(H,15,16)/t9?,10?,11-/m1/s1. The summed E-state index contributed by atoms with van der Waals surface area (Å²) < 4.78 is 28.1. The summed E-state index contributed by atoms with van der Waals surface area (Å²) in [5.74, 6) is -0.520. The van der Waals surface area contributed by atoms with Gasteiger partial charge >= 0.3 is 5.97 Å². The van der Waals surface area contributed by atoms with Crippen LogP contribution in [0.3, 0.4) is 0 Å². The minimum absolute atomic E-state index is 0.299. The molecule has 1 aliphatic heterocycles. The Morgan fingerprint density at radius 2 is 1.89 bits per heavy atom. The summed E-state index contributed by atoms with van der Waals surface area (Å²) >= 11 is 0. The monoisotopic (exact) mass is 292 g/mol. The summed E-state index contributed by atoms with van der Waals surface area (Å²) in [6.45, 7) is 6.77. The molecule has 0 aromatic rings. The van der Waals surface area contributed by atoms with Gasteiger partial charge in [-0.05, 0) is 24.7 Å². The van der Waals surface area contributed by atoms with Crippen molar-refractivity contribution in [2.45, 2.75) is 46.1 Å². The van der Waals surface area contributed by atoms with E-state index in [1.54, 1.807) is 0 Å². The predicted molar refractivity (Wildman–Crippen MR) is 72.9 cm³/mol. The van der Waals surface area contributed by atoms with Crippen LogP contribution in [0.2, 0.25) is 0 Å². The highest BCUT2D eigenvalue weighted by Crippen LogP contribution is 2.22. The van der Waals surface area contributed by atoms with Gasteiger partial charge in [0.1, 0.15) is 6.04 Å². The molecule has 19 heavy (non-hydrogen) atoms. The van der Waals surface area contributed by atoms with Crippen LogP contribution in [0, 0.1) is 11.8 Å². The Labute approximate surface area is 115 Å². The lowest BCUT2D eigenvalue weighted by atomic mass is 9.94. The van der Waals surface area contributed by atoms with Gasteiger partial charge in [0.15, 0.2) is 0 Å². The van der Waals surface area contributed by atoms with Gasteiger partial charge in [0.05, 0.1) is 0 Å². The zero-order valence-electron chi connectivity index (χ0n) is 11.8. The van der Waals surface area contributed by atoms with Crippen molar-refractivity contribution >= 4 is 16.2 Å². The van der Waals surface area contributed by atoms with Crippen LogP contribution < -0.4 is 4.72 Å². The van der Waals surface area contributed by atoms with Crippen LogP contribution in [0.1, 0.15) is 40.0 Å². The Morgan fingerprint density at radius 3 is 2.32 bits per heavy atom. The maximum atomic E-state index is 12.2. The minimum Gasteiger partial charge on any atom is -0.480 e. The van der Waals surface area contributed by atoms with E-state index in [4.69, 9.17) is 5.11 Å². The predicted octanol–water partition coefficient (Wildman–Crippen LogP) is 1.05. The van der Waals surface area contributed by atoms with E-state index >= 15 is 0 Å². The van der Waals surface area contributed by atoms with Gasteiger partial charge in [0.25, 0.3) is 10.2 Å². The van der Waals surface area contributed by atoms with Crippen LogP contribution in [-0.4, -0.2) is 42.9 Å². The number of piperidine rings is 1. The van der Waals surface area contributed by atoms with Crippen molar-refractivity contribution in [1.29, 1.82) is 0 Å². The molecule has 1 heterocycles. The molecule has 0 amide bonds. The first-order valence-electron chi connectivity index (χ1n) is 6.76. The average Bonchev–Trinajstić information content (AvgIpc) is 2.26. The molecule has 3 atom stereocenters. The molecule has 2 N–H and O–H groups in total. The Kier molecular flexibility index (Phi) is 5.76. The van der Waals surface area contributed by atoms with E-state index in [9.17, 15) is 13.2 Å². The molecule has 6 nitrogen and oxygen atoms in total. The molecule has 7 heteroatoms. The van der Waals surface area contributed by atoms with Gasteiger partial charge in [0.2, 0.25) is 0 Å². The highest BCUT2D eigenvalue weighted by atomic mass is 32.2. The van der Waals surface area contributed by atoms with Crippen molar-refractivity contribution in [2.24, 2.45) is 11.8 Å². The third kappa shape index (κ3) is 4.74. The first kappa shape index (κ1) is 16.4. The second-order valence-electron chi connectivity index (χ2n) is 5.57. The number of hydrogen-bond donors (Lipinski definition) is 2. The van der Waals surface area contributed by atoms with Crippen molar-refractivity contribution < 1.29 is 18.3 Å². The van der Waals surface area contributed by atoms with Crippen LogP contribution in [-0.2, 0) is 15.0 Å². The van der Waals surface area contributed by atoms with Crippen molar-refractivity contribution in [3.05, 3.63) is 0 Å². The van der Waals surface area contributed by atoms with Gasteiger partial charge in [-0.3, -0.25) is 4.79 Å². The van der Waals surface area contributed by atoms with Crippen LogP contribution in [0.25, 0.3) is 0 Å². The zero-order valence-corrected chi connectivity index (χ0v) is 12.6. The third-order valence-electron chi connectivity index (χ3n) is 3.34. The summed E-state index contributed by atoms with van der Waals surface area (Å²) in [6.07, 6.45) is 1.92. The van der Waals surface area contributed by atoms with Crippen molar-refractivity contribution in [3.63, 3.8) is 0 Å². The molecule has 0 aromatic carbocycles. The maximum absolute atomic E-state index is 12.2. The van der Waals surface area contributed by atoms with E-state index in [1.165, 1.54) is 4.31 Å². The maximum Gasteiger partial charge on any atom is 0.321 e. The number of carboxylic acids is 1. The Balaban J connectivity index is 2.76. The van der Waals surface area contributed by atoms with Gasteiger partial charge in [-0.25, -0.2) is 0 Å². The van der Waals surface area contributed by atoms with E-state index in [0.717, 1.165) is 6.42 Å². The highest BCUT2D eigenvalue weighted by Gasteiger charge is 2.33. The van der Waals surface area contributed by atoms with Gasteiger partial charge in [-0.15, -0.1) is 0 Å². The number of carbonyl (C=O) groups is 1. The third-order valence-corrected chi connectivity index (χ3v) is 4.90. The van der Waals surface area contributed by atoms with E-state index in [2.05, 4.69) is 4.72 Å². The largest absolute Gasteiger partial charge is 0.480 e. The molecule has 2 unspecified atom stereocenters. The molecular weight excluding hydrogens is 268 g/mol. The highest BCUT2D eigenvalue weighted by molar-refractivity contribution is 7.87. The fourth-order valence-corrected chi connectivity index (χ4v) is 4.21. The van der Waals surface area contributed by atoms with Gasteiger partial charge in [-0.1, -0.05) is 27.2 Å². The van der Waals surface area contributed by atoms with Crippen LogP contribution in [0.15, 0.2) is 0 Å². The first-order chi connectivity index (χ1) is 8.76. The SMILES string of the molecule is CCC[C@@H](NS(=O)(=O)N1CC(C)CC(C)C1)C(=O)O. The number of hydrogen-bond acceptors (Lipinski definition) is 3. The number of carboxylic acid groups (broad SMARTS) is 1. The van der Waals surface area contributed by atoms with E-state index in [1.807, 2.05) is 20.8 Å². The van der Waals surface area contributed by atoms with E-state index in [0.29, 0.717) is 37.8 Å². The lowest BCUT2D eigenvalue weighted by Gasteiger charge is -2.34. The molecule has 0 aliphatic carbocycles. The summed E-state index contributed by atoms with van der Waals surface area (Å²) in [5.41, 5.74) is 0. The Morgan fingerprint density at radius 1 is 1.37 bits per heavy atom. The summed E-state index contributed by atoms with van der Waals surface area (Å²) in [4.78, 5) is 11.0. The summed E-state index contributed by atoms with van der Waals surface area (Å²) in [6, 6.07) is -1.04. The smallest absolute Gasteiger partial charge is 0.321 e. The van der Waals surface area contributed by atoms with Crippen molar-refractivity contribution in [1.82, 2.24) is 9.03 Å². The fraction of sp³-hybridized carbons (Fsp3) is 0.917. The molecule has 0 spiro atoms. The molecule has 0 bridgehead atoms. The summed E-state index contributed by atoms with van der Waals surface area (Å²) in [7, 11) is -3.71. The lowest BCUT2D eigenvalue weighted by molar-refractivity contribution is -0.139. The number of rotatable bonds is 6. The summed E-state index contributed by atoms with van der Waals surface area (Å²) in [5, 5.41) is 9.02. The van der Waals surface area contributed by atoms with Gasteiger partial charge in [-0.2, -0.15) is 17.4 Å². The second-order valence-corrected chi connectivity index (χ2v) is 7.27. The van der Waals surface area contributed by atoms with E-state index in [-0.39, 0.29) is 0 Å². The fourth-order valence-electron chi connectivity index (χ4n) is 2.58. The molecule has 1 saturated heterocycles. The molecule has 112 valence electrons. The molecule has 0 saturated carbocycles.